The number of rotatable bonds is 3. The number of benzene rings is 2. The van der Waals surface area contributed by atoms with Crippen LogP contribution in [0.15, 0.2) is 33.5 Å². The molecular weight excluding hydrogens is 332 g/mol. The zero-order valence-corrected chi connectivity index (χ0v) is 13.2. The standard InChI is InChI=1S/C17H14O8/c1-23-13-4-7(3-9(19)15(13)21)11-5-8(18)14-12(25-11)6-10(20)17(24-2)16(14)22/h3-6,19-22H,1-2H3. The predicted octanol–water partition coefficient (Wildman–Crippen LogP) is 2.30. The van der Waals surface area contributed by atoms with Gasteiger partial charge in [0, 0.05) is 17.7 Å². The topological polar surface area (TPSA) is 130 Å². The summed E-state index contributed by atoms with van der Waals surface area (Å²) in [5.41, 5.74) is -0.413. The Morgan fingerprint density at radius 3 is 2.24 bits per heavy atom. The molecule has 0 aliphatic heterocycles. The highest BCUT2D eigenvalue weighted by Gasteiger charge is 2.19. The maximum Gasteiger partial charge on any atom is 0.203 e. The number of phenols is 4. The van der Waals surface area contributed by atoms with E-state index in [1.807, 2.05) is 0 Å². The highest BCUT2D eigenvalue weighted by atomic mass is 16.5. The summed E-state index contributed by atoms with van der Waals surface area (Å²) in [4.78, 5) is 12.4. The van der Waals surface area contributed by atoms with Crippen LogP contribution in [0.4, 0.5) is 0 Å². The lowest BCUT2D eigenvalue weighted by Crippen LogP contribution is -2.02. The van der Waals surface area contributed by atoms with Crippen LogP contribution in [0.25, 0.3) is 22.3 Å². The molecule has 1 heterocycles. The minimum atomic E-state index is -0.585. The van der Waals surface area contributed by atoms with Gasteiger partial charge < -0.3 is 34.3 Å². The van der Waals surface area contributed by atoms with Gasteiger partial charge in [0.15, 0.2) is 28.4 Å². The Balaban J connectivity index is 2.30. The molecule has 4 N–H and O–H groups in total. The van der Waals surface area contributed by atoms with Crippen LogP contribution >= 0.6 is 0 Å². The molecule has 0 fully saturated rings. The van der Waals surface area contributed by atoms with Crippen LogP contribution in [-0.4, -0.2) is 34.6 Å². The molecule has 25 heavy (non-hydrogen) atoms. The first kappa shape index (κ1) is 16.3. The van der Waals surface area contributed by atoms with Crippen LogP contribution < -0.4 is 14.9 Å². The van der Waals surface area contributed by atoms with Gasteiger partial charge in [0.2, 0.25) is 11.5 Å². The third-order valence-corrected chi connectivity index (χ3v) is 3.69. The Bertz CT molecular complexity index is 1040. The second kappa shape index (κ2) is 5.82. The zero-order chi connectivity index (χ0) is 18.3. The highest BCUT2D eigenvalue weighted by molar-refractivity contribution is 5.89. The van der Waals surface area contributed by atoms with Crippen molar-refractivity contribution in [2.45, 2.75) is 0 Å². The Morgan fingerprint density at radius 1 is 0.880 bits per heavy atom. The van der Waals surface area contributed by atoms with Gasteiger partial charge in [-0.05, 0) is 12.1 Å². The second-order valence-electron chi connectivity index (χ2n) is 5.17. The van der Waals surface area contributed by atoms with Gasteiger partial charge >= 0.3 is 0 Å². The van der Waals surface area contributed by atoms with Gasteiger partial charge in [-0.25, -0.2) is 0 Å². The molecule has 2 aromatic carbocycles. The van der Waals surface area contributed by atoms with Crippen LogP contribution in [0.2, 0.25) is 0 Å². The fourth-order valence-corrected chi connectivity index (χ4v) is 2.51. The maximum absolute atomic E-state index is 12.4. The monoisotopic (exact) mass is 346 g/mol. The summed E-state index contributed by atoms with van der Waals surface area (Å²) >= 11 is 0. The summed E-state index contributed by atoms with van der Waals surface area (Å²) in [5.74, 6) is -2.07. The molecule has 0 saturated heterocycles. The summed E-state index contributed by atoms with van der Waals surface area (Å²) < 4.78 is 15.4. The molecule has 0 bridgehead atoms. The second-order valence-corrected chi connectivity index (χ2v) is 5.17. The summed E-state index contributed by atoms with van der Waals surface area (Å²) in [7, 11) is 2.54. The molecule has 0 atom stereocenters. The quantitative estimate of drug-likeness (QED) is 0.532. The van der Waals surface area contributed by atoms with Crippen molar-refractivity contribution in [1.29, 1.82) is 0 Å². The van der Waals surface area contributed by atoms with E-state index in [-0.39, 0.29) is 33.8 Å². The Labute approximate surface area is 140 Å². The van der Waals surface area contributed by atoms with Crippen LogP contribution in [0, 0.1) is 0 Å². The molecule has 1 aromatic heterocycles. The van der Waals surface area contributed by atoms with Gasteiger partial charge in [-0.15, -0.1) is 0 Å². The van der Waals surface area contributed by atoms with Gasteiger partial charge in [0.25, 0.3) is 0 Å². The molecule has 130 valence electrons. The molecule has 0 amide bonds. The Kier molecular flexibility index (Phi) is 3.80. The molecule has 0 radical (unpaired) electrons. The molecular formula is C17H14O8. The number of fused-ring (bicyclic) bond motifs is 1. The molecule has 8 nitrogen and oxygen atoms in total. The lowest BCUT2D eigenvalue weighted by atomic mass is 10.1. The predicted molar refractivity (Wildman–Crippen MR) is 87.7 cm³/mol. The Morgan fingerprint density at radius 2 is 1.60 bits per heavy atom. The van der Waals surface area contributed by atoms with Crippen LogP contribution in [-0.2, 0) is 0 Å². The minimum absolute atomic E-state index is 0.0156. The van der Waals surface area contributed by atoms with E-state index in [9.17, 15) is 25.2 Å². The first-order chi connectivity index (χ1) is 11.9. The van der Waals surface area contributed by atoms with E-state index < -0.39 is 28.4 Å². The van der Waals surface area contributed by atoms with Crippen LogP contribution in [0.3, 0.4) is 0 Å². The SMILES string of the molecule is COc1cc(-c2cc(=O)c3c(O)c(OC)c(O)cc3o2)cc(O)c1O. The third-order valence-electron chi connectivity index (χ3n) is 3.69. The number of ether oxygens (including phenoxy) is 2. The minimum Gasteiger partial charge on any atom is -0.504 e. The molecule has 0 aliphatic rings. The van der Waals surface area contributed by atoms with Crippen LogP contribution in [0.5, 0.6) is 34.5 Å². The van der Waals surface area contributed by atoms with E-state index in [4.69, 9.17) is 13.9 Å². The lowest BCUT2D eigenvalue weighted by Gasteiger charge is -2.11. The smallest absolute Gasteiger partial charge is 0.203 e. The summed E-state index contributed by atoms with van der Waals surface area (Å²) in [6.45, 7) is 0. The van der Waals surface area contributed by atoms with Gasteiger partial charge in [0.05, 0.1) is 14.2 Å². The summed E-state index contributed by atoms with van der Waals surface area (Å²) in [5, 5.41) is 39.2. The van der Waals surface area contributed by atoms with Crippen LogP contribution in [0.1, 0.15) is 0 Å². The highest BCUT2D eigenvalue weighted by Crippen LogP contribution is 2.43. The lowest BCUT2D eigenvalue weighted by molar-refractivity contribution is 0.346. The number of hydrogen-bond donors (Lipinski definition) is 4. The number of hydrogen-bond acceptors (Lipinski definition) is 8. The van der Waals surface area contributed by atoms with Crippen molar-refractivity contribution in [3.63, 3.8) is 0 Å². The molecule has 0 unspecified atom stereocenters. The molecule has 3 rings (SSSR count). The van der Waals surface area contributed by atoms with Crippen molar-refractivity contribution in [3.05, 3.63) is 34.5 Å². The molecule has 8 heteroatoms. The van der Waals surface area contributed by atoms with Gasteiger partial charge in [-0.1, -0.05) is 0 Å². The van der Waals surface area contributed by atoms with E-state index in [0.29, 0.717) is 0 Å². The van der Waals surface area contributed by atoms with Crippen molar-refractivity contribution < 1.29 is 34.3 Å². The molecule has 3 aromatic rings. The summed E-state index contributed by atoms with van der Waals surface area (Å²) in [6.07, 6.45) is 0. The number of phenolic OH excluding ortho intramolecular Hbond substituents is 4. The van der Waals surface area contributed by atoms with Crippen molar-refractivity contribution in [3.8, 4) is 45.8 Å². The van der Waals surface area contributed by atoms with Crippen molar-refractivity contribution >= 4 is 11.0 Å². The maximum atomic E-state index is 12.4. The first-order valence-electron chi connectivity index (χ1n) is 7.04. The molecule has 0 aliphatic carbocycles. The van der Waals surface area contributed by atoms with E-state index in [1.165, 1.54) is 26.4 Å². The van der Waals surface area contributed by atoms with E-state index in [0.717, 1.165) is 12.1 Å². The van der Waals surface area contributed by atoms with Gasteiger partial charge in [-0.2, -0.15) is 0 Å². The summed E-state index contributed by atoms with van der Waals surface area (Å²) in [6, 6.07) is 4.79. The van der Waals surface area contributed by atoms with E-state index in [2.05, 4.69) is 0 Å². The normalized spacial score (nSPS) is 10.8. The molecule has 0 saturated carbocycles. The van der Waals surface area contributed by atoms with E-state index >= 15 is 0 Å². The van der Waals surface area contributed by atoms with Crippen molar-refractivity contribution in [2.75, 3.05) is 14.2 Å². The van der Waals surface area contributed by atoms with Gasteiger partial charge in [0.1, 0.15) is 16.7 Å². The zero-order valence-electron chi connectivity index (χ0n) is 13.2. The van der Waals surface area contributed by atoms with Gasteiger partial charge in [-0.3, -0.25) is 4.79 Å². The molecule has 0 spiro atoms. The van der Waals surface area contributed by atoms with E-state index in [1.54, 1.807) is 0 Å². The van der Waals surface area contributed by atoms with Crippen molar-refractivity contribution in [2.24, 2.45) is 0 Å². The fraction of sp³-hybridized carbons (Fsp3) is 0.118. The third kappa shape index (κ3) is 2.53. The average molecular weight is 346 g/mol. The number of methoxy groups -OCH3 is 2. The first-order valence-corrected chi connectivity index (χ1v) is 7.04. The Hall–Kier alpha value is -3.55. The van der Waals surface area contributed by atoms with Crippen molar-refractivity contribution in [1.82, 2.24) is 0 Å². The number of aromatic hydroxyl groups is 4. The average Bonchev–Trinajstić information content (AvgIpc) is 2.56. The fourth-order valence-electron chi connectivity index (χ4n) is 2.51. The largest absolute Gasteiger partial charge is 0.504 e.